The summed E-state index contributed by atoms with van der Waals surface area (Å²) in [6.07, 6.45) is 1.80. The number of H-pyrrole nitrogens is 1. The minimum absolute atomic E-state index is 0.0631. The molecule has 1 aromatic heterocycles. The van der Waals surface area contributed by atoms with Gasteiger partial charge in [0.2, 0.25) is 0 Å². The summed E-state index contributed by atoms with van der Waals surface area (Å²) in [5, 5.41) is 0.976. The second kappa shape index (κ2) is 6.57. The van der Waals surface area contributed by atoms with Crippen LogP contribution in [0.5, 0.6) is 0 Å². The highest BCUT2D eigenvalue weighted by Gasteiger charge is 2.19. The number of carbonyl (C=O) groups is 1. The molecule has 0 unspecified atom stereocenters. The van der Waals surface area contributed by atoms with Crippen molar-refractivity contribution in [2.24, 2.45) is 5.92 Å². The van der Waals surface area contributed by atoms with Crippen molar-refractivity contribution < 1.29 is 9.53 Å². The van der Waals surface area contributed by atoms with Gasteiger partial charge in [-0.1, -0.05) is 32.0 Å². The van der Waals surface area contributed by atoms with Gasteiger partial charge >= 0.3 is 0 Å². The maximum Gasteiger partial charge on any atom is 0.256 e. The Labute approximate surface area is 119 Å². The lowest BCUT2D eigenvalue weighted by Crippen LogP contribution is -2.36. The number of nitrogens with zero attached hydrogens (tertiary/aromatic N) is 1. The molecule has 1 heterocycles. The molecular weight excluding hydrogens is 252 g/mol. The molecule has 0 aliphatic heterocycles. The lowest BCUT2D eigenvalue weighted by atomic mass is 10.1. The van der Waals surface area contributed by atoms with E-state index in [1.54, 1.807) is 13.3 Å². The zero-order valence-electron chi connectivity index (χ0n) is 12.3. The largest absolute Gasteiger partial charge is 0.383 e. The third-order valence-corrected chi connectivity index (χ3v) is 3.26. The first-order valence-corrected chi connectivity index (χ1v) is 6.97. The van der Waals surface area contributed by atoms with Crippen LogP contribution in [-0.4, -0.2) is 42.6 Å². The van der Waals surface area contributed by atoms with E-state index in [0.29, 0.717) is 19.1 Å². The fourth-order valence-corrected chi connectivity index (χ4v) is 2.34. The van der Waals surface area contributed by atoms with Crippen molar-refractivity contribution in [2.75, 3.05) is 26.8 Å². The Morgan fingerprint density at radius 2 is 2.10 bits per heavy atom. The van der Waals surface area contributed by atoms with Gasteiger partial charge in [-0.2, -0.15) is 0 Å². The van der Waals surface area contributed by atoms with E-state index in [4.69, 9.17) is 4.74 Å². The second-order valence-corrected chi connectivity index (χ2v) is 5.39. The Bertz CT molecular complexity index is 575. The highest BCUT2D eigenvalue weighted by atomic mass is 16.5. The van der Waals surface area contributed by atoms with Gasteiger partial charge in [-0.3, -0.25) is 4.79 Å². The molecule has 4 heteroatoms. The molecule has 0 bridgehead atoms. The van der Waals surface area contributed by atoms with Crippen LogP contribution in [0.2, 0.25) is 0 Å². The highest BCUT2D eigenvalue weighted by molar-refractivity contribution is 6.06. The summed E-state index contributed by atoms with van der Waals surface area (Å²) < 4.78 is 5.11. The van der Waals surface area contributed by atoms with Gasteiger partial charge in [-0.25, -0.2) is 0 Å². The Hall–Kier alpha value is -1.81. The number of nitrogens with one attached hydrogen (secondary N) is 1. The molecular formula is C16H22N2O2. The molecule has 0 aliphatic rings. The number of fused-ring (bicyclic) bond motifs is 1. The van der Waals surface area contributed by atoms with E-state index in [0.717, 1.165) is 23.0 Å². The van der Waals surface area contributed by atoms with Crippen molar-refractivity contribution in [3.63, 3.8) is 0 Å². The van der Waals surface area contributed by atoms with Gasteiger partial charge in [0.15, 0.2) is 0 Å². The van der Waals surface area contributed by atoms with Crippen LogP contribution in [0.4, 0.5) is 0 Å². The van der Waals surface area contributed by atoms with Crippen molar-refractivity contribution in [2.45, 2.75) is 13.8 Å². The van der Waals surface area contributed by atoms with E-state index in [9.17, 15) is 4.79 Å². The lowest BCUT2D eigenvalue weighted by molar-refractivity contribution is 0.0674. The summed E-state index contributed by atoms with van der Waals surface area (Å²) in [6.45, 7) is 6.14. The quantitative estimate of drug-likeness (QED) is 0.880. The molecule has 20 heavy (non-hydrogen) atoms. The monoisotopic (exact) mass is 274 g/mol. The smallest absolute Gasteiger partial charge is 0.256 e. The summed E-state index contributed by atoms with van der Waals surface area (Å²) in [4.78, 5) is 17.7. The SMILES string of the molecule is COCCN(CC(C)C)C(=O)c1c[nH]c2ccccc12. The van der Waals surface area contributed by atoms with Crippen molar-refractivity contribution in [3.05, 3.63) is 36.0 Å². The maximum atomic E-state index is 12.7. The van der Waals surface area contributed by atoms with E-state index in [1.165, 1.54) is 0 Å². The summed E-state index contributed by atoms with van der Waals surface area (Å²) in [5.41, 5.74) is 1.73. The zero-order valence-corrected chi connectivity index (χ0v) is 12.3. The van der Waals surface area contributed by atoms with Gasteiger partial charge in [0.25, 0.3) is 5.91 Å². The average molecular weight is 274 g/mol. The predicted molar refractivity (Wildman–Crippen MR) is 80.9 cm³/mol. The van der Waals surface area contributed by atoms with Crippen LogP contribution >= 0.6 is 0 Å². The topological polar surface area (TPSA) is 45.3 Å². The molecule has 108 valence electrons. The van der Waals surface area contributed by atoms with Crippen LogP contribution < -0.4 is 0 Å². The number of amides is 1. The number of carbonyl (C=O) groups excluding carboxylic acids is 1. The van der Waals surface area contributed by atoms with Gasteiger partial charge in [0.1, 0.15) is 0 Å². The molecule has 0 radical (unpaired) electrons. The minimum Gasteiger partial charge on any atom is -0.383 e. The van der Waals surface area contributed by atoms with E-state index in [-0.39, 0.29) is 5.91 Å². The Kier molecular flexibility index (Phi) is 4.79. The molecule has 0 fully saturated rings. The van der Waals surface area contributed by atoms with E-state index < -0.39 is 0 Å². The predicted octanol–water partition coefficient (Wildman–Crippen LogP) is 2.91. The summed E-state index contributed by atoms with van der Waals surface area (Å²) in [7, 11) is 1.66. The number of para-hydroxylation sites is 1. The number of rotatable bonds is 6. The van der Waals surface area contributed by atoms with E-state index >= 15 is 0 Å². The zero-order chi connectivity index (χ0) is 14.5. The van der Waals surface area contributed by atoms with E-state index in [1.807, 2.05) is 29.2 Å². The lowest BCUT2D eigenvalue weighted by Gasteiger charge is -2.24. The molecule has 1 aromatic carbocycles. The third-order valence-electron chi connectivity index (χ3n) is 3.26. The van der Waals surface area contributed by atoms with Crippen molar-refractivity contribution in [3.8, 4) is 0 Å². The fourth-order valence-electron chi connectivity index (χ4n) is 2.34. The van der Waals surface area contributed by atoms with Crippen LogP contribution in [-0.2, 0) is 4.74 Å². The van der Waals surface area contributed by atoms with Gasteiger partial charge in [0, 0.05) is 37.3 Å². The Balaban J connectivity index is 2.26. The number of methoxy groups -OCH3 is 1. The summed E-state index contributed by atoms with van der Waals surface area (Å²) in [5.74, 6) is 0.495. The summed E-state index contributed by atoms with van der Waals surface area (Å²) >= 11 is 0. The first-order valence-electron chi connectivity index (χ1n) is 6.97. The van der Waals surface area contributed by atoms with Gasteiger partial charge in [-0.05, 0) is 12.0 Å². The molecule has 0 atom stereocenters. The number of benzene rings is 1. The maximum absolute atomic E-state index is 12.7. The number of ether oxygens (including phenoxy) is 1. The van der Waals surface area contributed by atoms with Crippen LogP contribution in [0.3, 0.4) is 0 Å². The Morgan fingerprint density at radius 3 is 2.80 bits per heavy atom. The summed E-state index contributed by atoms with van der Waals surface area (Å²) in [6, 6.07) is 7.87. The van der Waals surface area contributed by atoms with Crippen LogP contribution in [0.25, 0.3) is 10.9 Å². The third kappa shape index (κ3) is 3.20. The standard InChI is InChI=1S/C16H22N2O2/c1-12(2)11-18(8-9-20-3)16(19)14-10-17-15-7-5-4-6-13(14)15/h4-7,10,12,17H,8-9,11H2,1-3H3. The number of hydrogen-bond donors (Lipinski definition) is 1. The minimum atomic E-state index is 0.0631. The molecule has 0 saturated carbocycles. The molecule has 0 saturated heterocycles. The molecule has 1 N–H and O–H groups in total. The molecule has 2 rings (SSSR count). The number of hydrogen-bond acceptors (Lipinski definition) is 2. The van der Waals surface area contributed by atoms with Gasteiger partial charge in [-0.15, -0.1) is 0 Å². The molecule has 4 nitrogen and oxygen atoms in total. The normalized spacial score (nSPS) is 11.2. The van der Waals surface area contributed by atoms with Crippen molar-refractivity contribution in [1.29, 1.82) is 0 Å². The Morgan fingerprint density at radius 1 is 1.35 bits per heavy atom. The average Bonchev–Trinajstić information content (AvgIpc) is 2.86. The van der Waals surface area contributed by atoms with Crippen molar-refractivity contribution in [1.82, 2.24) is 9.88 Å². The van der Waals surface area contributed by atoms with Crippen LogP contribution in [0.1, 0.15) is 24.2 Å². The van der Waals surface area contributed by atoms with Gasteiger partial charge < -0.3 is 14.6 Å². The number of aromatic amines is 1. The van der Waals surface area contributed by atoms with Crippen LogP contribution in [0.15, 0.2) is 30.5 Å². The molecule has 2 aromatic rings. The second-order valence-electron chi connectivity index (χ2n) is 5.39. The first-order chi connectivity index (χ1) is 9.63. The molecule has 0 aliphatic carbocycles. The fraction of sp³-hybridized carbons (Fsp3) is 0.438. The number of aromatic nitrogens is 1. The first kappa shape index (κ1) is 14.6. The van der Waals surface area contributed by atoms with Gasteiger partial charge in [0.05, 0.1) is 12.2 Å². The van der Waals surface area contributed by atoms with Crippen molar-refractivity contribution >= 4 is 16.8 Å². The molecule has 1 amide bonds. The van der Waals surface area contributed by atoms with E-state index in [2.05, 4.69) is 18.8 Å². The van der Waals surface area contributed by atoms with Crippen LogP contribution in [0, 0.1) is 5.92 Å². The highest BCUT2D eigenvalue weighted by Crippen LogP contribution is 2.19. The molecule has 0 spiro atoms.